The molecular formula is C23H24Cl2F2N4O3. The number of nitrogens with one attached hydrogen (secondary N) is 2. The van der Waals surface area contributed by atoms with Crippen molar-refractivity contribution in [1.82, 2.24) is 10.3 Å². The van der Waals surface area contributed by atoms with Gasteiger partial charge in [-0.2, -0.15) is 0 Å². The van der Waals surface area contributed by atoms with Crippen molar-refractivity contribution >= 4 is 36.6 Å². The number of hydrogen-bond acceptors (Lipinski definition) is 5. The summed E-state index contributed by atoms with van der Waals surface area (Å²) in [5.74, 6) is -2.96. The number of amides is 1. The summed E-state index contributed by atoms with van der Waals surface area (Å²) in [7, 11) is 1.19. The van der Waals surface area contributed by atoms with Gasteiger partial charge in [-0.1, -0.05) is 30.3 Å². The van der Waals surface area contributed by atoms with E-state index < -0.39 is 29.2 Å². The summed E-state index contributed by atoms with van der Waals surface area (Å²) in [6.07, 6.45) is 0.0503. The van der Waals surface area contributed by atoms with Gasteiger partial charge in [-0.15, -0.1) is 24.8 Å². The van der Waals surface area contributed by atoms with Crippen LogP contribution in [0.2, 0.25) is 0 Å². The van der Waals surface area contributed by atoms with Crippen LogP contribution in [0.1, 0.15) is 28.5 Å². The summed E-state index contributed by atoms with van der Waals surface area (Å²) in [5.41, 5.74) is 6.69. The number of carbonyl (C=O) groups excluding carboxylic acids is 1. The van der Waals surface area contributed by atoms with Crippen molar-refractivity contribution in [3.8, 4) is 5.75 Å². The predicted octanol–water partition coefficient (Wildman–Crippen LogP) is 4.07. The highest BCUT2D eigenvalue weighted by molar-refractivity contribution is 5.94. The van der Waals surface area contributed by atoms with Crippen molar-refractivity contribution in [3.05, 3.63) is 94.8 Å². The molecule has 0 aliphatic rings. The third-order valence-electron chi connectivity index (χ3n) is 4.66. The lowest BCUT2D eigenvalue weighted by Gasteiger charge is -2.18. The Labute approximate surface area is 208 Å². The molecule has 2 aromatic carbocycles. The molecule has 0 aliphatic carbocycles. The van der Waals surface area contributed by atoms with Crippen molar-refractivity contribution in [2.24, 2.45) is 5.73 Å². The van der Waals surface area contributed by atoms with Gasteiger partial charge in [-0.3, -0.25) is 15.2 Å². The molecule has 34 heavy (non-hydrogen) atoms. The molecule has 1 heterocycles. The zero-order valence-corrected chi connectivity index (χ0v) is 19.7. The number of nitrogen functional groups attached to an aromatic ring is 1. The average Bonchev–Trinajstić information content (AvgIpc) is 2.80. The van der Waals surface area contributed by atoms with Crippen molar-refractivity contribution in [1.29, 1.82) is 5.41 Å². The van der Waals surface area contributed by atoms with Gasteiger partial charge in [0, 0.05) is 25.4 Å². The molecule has 4 N–H and O–H groups in total. The van der Waals surface area contributed by atoms with E-state index in [4.69, 9.17) is 20.6 Å². The molecule has 0 saturated heterocycles. The molecule has 0 saturated carbocycles. The number of halogens is 4. The van der Waals surface area contributed by atoms with E-state index >= 15 is 4.39 Å². The second-order valence-corrected chi connectivity index (χ2v) is 6.83. The molecule has 7 nitrogen and oxygen atoms in total. The highest BCUT2D eigenvalue weighted by Gasteiger charge is 2.29. The van der Waals surface area contributed by atoms with Crippen LogP contribution in [0.5, 0.6) is 5.75 Å². The number of benzene rings is 2. The maximum absolute atomic E-state index is 15.0. The molecule has 182 valence electrons. The first kappa shape index (κ1) is 28.8. The monoisotopic (exact) mass is 512 g/mol. The van der Waals surface area contributed by atoms with Crippen LogP contribution in [0.25, 0.3) is 0 Å². The Bertz CT molecular complexity index is 1100. The number of methoxy groups -OCH3 is 1. The molecular weight excluding hydrogens is 489 g/mol. The molecule has 0 spiro atoms. The molecule has 11 heteroatoms. The highest BCUT2D eigenvalue weighted by atomic mass is 35.5. The van der Waals surface area contributed by atoms with E-state index in [1.54, 1.807) is 48.7 Å². The van der Waals surface area contributed by atoms with Crippen molar-refractivity contribution in [3.63, 3.8) is 0 Å². The number of amidine groups is 1. The average molecular weight is 513 g/mol. The van der Waals surface area contributed by atoms with E-state index in [0.29, 0.717) is 16.8 Å². The minimum atomic E-state index is -1.52. The molecule has 0 fully saturated rings. The number of nitrogens with two attached hydrogens (primary N) is 1. The van der Waals surface area contributed by atoms with E-state index in [0.717, 1.165) is 12.1 Å². The number of aromatic nitrogens is 1. The minimum absolute atomic E-state index is 0. The number of ether oxygens (including phenoxy) is 2. The summed E-state index contributed by atoms with van der Waals surface area (Å²) >= 11 is 0. The first-order chi connectivity index (χ1) is 15.4. The predicted molar refractivity (Wildman–Crippen MR) is 128 cm³/mol. The lowest BCUT2D eigenvalue weighted by molar-refractivity contribution is -0.131. The molecule has 0 unspecified atom stereocenters. The number of rotatable bonds is 9. The van der Waals surface area contributed by atoms with Crippen molar-refractivity contribution in [2.75, 3.05) is 7.11 Å². The Balaban J connectivity index is 0.00000289. The number of hydrogen-bond donors (Lipinski definition) is 3. The fourth-order valence-corrected chi connectivity index (χ4v) is 2.98. The van der Waals surface area contributed by atoms with Gasteiger partial charge in [0.1, 0.15) is 18.3 Å². The van der Waals surface area contributed by atoms with Crippen molar-refractivity contribution in [2.45, 2.75) is 19.3 Å². The van der Waals surface area contributed by atoms with Crippen LogP contribution in [-0.2, 0) is 22.7 Å². The van der Waals surface area contributed by atoms with E-state index in [1.165, 1.54) is 7.11 Å². The SMILES string of the molecule is CO[C@H](C(=O)NCc1ccc(C(=N)N)cc1)c1c(F)ccc(OCc2ccccn2)c1F.Cl.Cl. The van der Waals surface area contributed by atoms with Crippen LogP contribution in [0.15, 0.2) is 60.8 Å². The standard InChI is InChI=1S/C23H22F2N4O3.2ClH/c1-31-21(23(30)29-12-14-5-7-15(8-6-14)22(26)27)19-17(24)9-10-18(20(19)25)32-13-16-4-2-3-11-28-16;;/h2-11,21H,12-13H2,1H3,(H3,26,27)(H,29,30);2*1H/t21-;;/m0../s1. The largest absolute Gasteiger partial charge is 0.484 e. The Kier molecular flexibility index (Phi) is 11.4. The molecule has 1 amide bonds. The van der Waals surface area contributed by atoms with Gasteiger partial charge in [0.2, 0.25) is 0 Å². The summed E-state index contributed by atoms with van der Waals surface area (Å²) < 4.78 is 40.1. The maximum Gasteiger partial charge on any atom is 0.254 e. The third-order valence-corrected chi connectivity index (χ3v) is 4.66. The molecule has 1 aromatic heterocycles. The van der Waals surface area contributed by atoms with Gasteiger partial charge in [0.25, 0.3) is 5.91 Å². The molecule has 0 bridgehead atoms. The molecule has 3 aromatic rings. The number of nitrogens with zero attached hydrogens (tertiary/aromatic N) is 1. The molecule has 3 rings (SSSR count). The molecule has 0 aliphatic heterocycles. The van der Waals surface area contributed by atoms with Crippen LogP contribution in [-0.4, -0.2) is 23.8 Å². The molecule has 1 atom stereocenters. The summed E-state index contributed by atoms with van der Waals surface area (Å²) in [6, 6.07) is 14.0. The normalized spacial score (nSPS) is 10.9. The first-order valence-electron chi connectivity index (χ1n) is 9.65. The maximum atomic E-state index is 15.0. The fourth-order valence-electron chi connectivity index (χ4n) is 2.98. The smallest absolute Gasteiger partial charge is 0.254 e. The third kappa shape index (κ3) is 7.11. The van der Waals surface area contributed by atoms with Gasteiger partial charge in [-0.25, -0.2) is 8.78 Å². The zero-order valence-electron chi connectivity index (χ0n) is 18.1. The summed E-state index contributed by atoms with van der Waals surface area (Å²) in [6.45, 7) is 0.0684. The summed E-state index contributed by atoms with van der Waals surface area (Å²) in [4.78, 5) is 16.7. The van der Waals surface area contributed by atoms with Crippen LogP contribution < -0.4 is 15.8 Å². The quantitative estimate of drug-likeness (QED) is 0.295. The lowest BCUT2D eigenvalue weighted by Crippen LogP contribution is -2.31. The second kappa shape index (κ2) is 13.4. The van der Waals surface area contributed by atoms with Crippen molar-refractivity contribution < 1.29 is 23.0 Å². The van der Waals surface area contributed by atoms with Gasteiger partial charge >= 0.3 is 0 Å². The second-order valence-electron chi connectivity index (χ2n) is 6.83. The van der Waals surface area contributed by atoms with Gasteiger partial charge < -0.3 is 20.5 Å². The number of carbonyl (C=O) groups is 1. The van der Waals surface area contributed by atoms with Crippen LogP contribution in [0, 0.1) is 17.0 Å². The van der Waals surface area contributed by atoms with E-state index in [-0.39, 0.29) is 49.6 Å². The molecule has 0 radical (unpaired) electrons. The Hall–Kier alpha value is -3.27. The Morgan fingerprint density at radius 1 is 1.12 bits per heavy atom. The highest BCUT2D eigenvalue weighted by Crippen LogP contribution is 2.30. The van der Waals surface area contributed by atoms with Crippen LogP contribution in [0.4, 0.5) is 8.78 Å². The lowest BCUT2D eigenvalue weighted by atomic mass is 10.1. The van der Waals surface area contributed by atoms with E-state index in [9.17, 15) is 9.18 Å². The number of pyridine rings is 1. The Morgan fingerprint density at radius 2 is 1.82 bits per heavy atom. The van der Waals surface area contributed by atoms with E-state index in [1.807, 2.05) is 0 Å². The topological polar surface area (TPSA) is 110 Å². The Morgan fingerprint density at radius 3 is 2.41 bits per heavy atom. The van der Waals surface area contributed by atoms with Crippen LogP contribution >= 0.6 is 24.8 Å². The fraction of sp³-hybridized carbons (Fsp3) is 0.174. The van der Waals surface area contributed by atoms with E-state index in [2.05, 4.69) is 10.3 Å². The zero-order chi connectivity index (χ0) is 23.1. The van der Waals surface area contributed by atoms with Gasteiger partial charge in [0.15, 0.2) is 17.7 Å². The van der Waals surface area contributed by atoms with Gasteiger partial charge in [0.05, 0.1) is 11.3 Å². The van der Waals surface area contributed by atoms with Crippen LogP contribution in [0.3, 0.4) is 0 Å². The first-order valence-corrected chi connectivity index (χ1v) is 9.65. The minimum Gasteiger partial charge on any atom is -0.484 e. The van der Waals surface area contributed by atoms with Gasteiger partial charge in [-0.05, 0) is 29.8 Å². The summed E-state index contributed by atoms with van der Waals surface area (Å²) in [5, 5.41) is 9.99.